The van der Waals surface area contributed by atoms with Crippen LogP contribution >= 0.6 is 0 Å². The fraction of sp³-hybridized carbons (Fsp3) is 0.647. The van der Waals surface area contributed by atoms with E-state index in [1.165, 1.54) is 5.56 Å². The summed E-state index contributed by atoms with van der Waals surface area (Å²) in [6.45, 7) is 4.72. The Labute approximate surface area is 140 Å². The summed E-state index contributed by atoms with van der Waals surface area (Å²) in [5.41, 5.74) is 1.27. The van der Waals surface area contributed by atoms with Gasteiger partial charge in [0.05, 0.1) is 5.25 Å². The second-order valence-electron chi connectivity index (χ2n) is 6.47. The number of rotatable bonds is 8. The van der Waals surface area contributed by atoms with Gasteiger partial charge in [0.15, 0.2) is 0 Å². The maximum atomic E-state index is 12.3. The topological polar surface area (TPSA) is 52.7 Å². The van der Waals surface area contributed by atoms with Crippen molar-refractivity contribution in [1.29, 1.82) is 0 Å². The highest BCUT2D eigenvalue weighted by Gasteiger charge is 2.35. The first-order valence-electron chi connectivity index (χ1n) is 8.36. The molecule has 6 heteroatoms. The van der Waals surface area contributed by atoms with E-state index >= 15 is 0 Å². The van der Waals surface area contributed by atoms with Crippen LogP contribution in [0.2, 0.25) is 0 Å². The van der Waals surface area contributed by atoms with E-state index in [2.05, 4.69) is 52.9 Å². The first-order chi connectivity index (χ1) is 10.9. The molecule has 0 saturated carbocycles. The van der Waals surface area contributed by atoms with Crippen molar-refractivity contribution in [2.75, 3.05) is 40.3 Å². The van der Waals surface area contributed by atoms with Crippen molar-refractivity contribution in [3.63, 3.8) is 0 Å². The van der Waals surface area contributed by atoms with E-state index in [0.717, 1.165) is 19.5 Å². The van der Waals surface area contributed by atoms with Crippen molar-refractivity contribution < 1.29 is 8.42 Å². The molecule has 0 radical (unpaired) electrons. The van der Waals surface area contributed by atoms with Crippen LogP contribution in [0.15, 0.2) is 30.3 Å². The Bertz CT molecular complexity index is 575. The number of benzene rings is 1. The van der Waals surface area contributed by atoms with Gasteiger partial charge >= 0.3 is 0 Å². The third kappa shape index (κ3) is 5.01. The van der Waals surface area contributed by atoms with Gasteiger partial charge in [0, 0.05) is 25.7 Å². The lowest BCUT2D eigenvalue weighted by atomic mass is 10.0. The second-order valence-corrected chi connectivity index (χ2v) is 8.51. The molecule has 0 aromatic heterocycles. The molecule has 1 fully saturated rings. The van der Waals surface area contributed by atoms with Crippen molar-refractivity contribution in [1.82, 2.24) is 14.5 Å². The van der Waals surface area contributed by atoms with Gasteiger partial charge in [-0.25, -0.2) is 13.1 Å². The molecule has 1 aromatic carbocycles. The van der Waals surface area contributed by atoms with E-state index in [1.54, 1.807) is 0 Å². The van der Waals surface area contributed by atoms with Crippen molar-refractivity contribution in [2.24, 2.45) is 0 Å². The minimum atomic E-state index is -3.19. The zero-order chi connectivity index (χ0) is 16.9. The zero-order valence-corrected chi connectivity index (χ0v) is 15.2. The molecule has 1 aliphatic heterocycles. The summed E-state index contributed by atoms with van der Waals surface area (Å²) < 4.78 is 27.2. The van der Waals surface area contributed by atoms with E-state index in [-0.39, 0.29) is 11.3 Å². The minimum Gasteiger partial charge on any atom is -0.309 e. The van der Waals surface area contributed by atoms with Gasteiger partial charge in [0.25, 0.3) is 0 Å². The first-order valence-corrected chi connectivity index (χ1v) is 9.91. The Morgan fingerprint density at radius 2 is 2.00 bits per heavy atom. The number of likely N-dealkylation sites (tertiary alicyclic amines) is 1. The molecule has 2 unspecified atom stereocenters. The molecule has 23 heavy (non-hydrogen) atoms. The fourth-order valence-electron chi connectivity index (χ4n) is 3.23. The van der Waals surface area contributed by atoms with Gasteiger partial charge in [0.2, 0.25) is 10.0 Å². The lowest BCUT2D eigenvalue weighted by Gasteiger charge is -2.29. The molecule has 5 nitrogen and oxygen atoms in total. The van der Waals surface area contributed by atoms with Crippen molar-refractivity contribution >= 4 is 10.0 Å². The maximum absolute atomic E-state index is 12.3. The Kier molecular flexibility index (Phi) is 6.59. The third-order valence-electron chi connectivity index (χ3n) is 4.44. The van der Waals surface area contributed by atoms with Crippen LogP contribution in [-0.2, 0) is 10.0 Å². The predicted molar refractivity (Wildman–Crippen MR) is 94.9 cm³/mol. The van der Waals surface area contributed by atoms with Gasteiger partial charge in [-0.1, -0.05) is 37.3 Å². The van der Waals surface area contributed by atoms with Crippen LogP contribution in [0.5, 0.6) is 0 Å². The molecule has 0 bridgehead atoms. The van der Waals surface area contributed by atoms with Crippen LogP contribution in [0.1, 0.15) is 31.4 Å². The van der Waals surface area contributed by atoms with E-state index in [4.69, 9.17) is 0 Å². The van der Waals surface area contributed by atoms with Crippen molar-refractivity contribution in [3.8, 4) is 0 Å². The summed E-state index contributed by atoms with van der Waals surface area (Å²) in [7, 11) is 0.956. The lowest BCUT2D eigenvalue weighted by molar-refractivity contribution is 0.215. The summed E-state index contributed by atoms with van der Waals surface area (Å²) in [6.07, 6.45) is 1.71. The Morgan fingerprint density at radius 1 is 1.30 bits per heavy atom. The molecule has 1 N–H and O–H groups in total. The molecule has 0 spiro atoms. The number of hydrogen-bond acceptors (Lipinski definition) is 4. The lowest BCUT2D eigenvalue weighted by Crippen LogP contribution is -2.37. The van der Waals surface area contributed by atoms with Crippen LogP contribution in [0.4, 0.5) is 0 Å². The molecule has 1 saturated heterocycles. The maximum Gasteiger partial charge on any atom is 0.215 e. The van der Waals surface area contributed by atoms with Gasteiger partial charge in [-0.05, 0) is 39.0 Å². The standard InChI is InChI=1S/C17H29N3O2S/c1-4-18-23(21,22)16-10-13-20(14-16)17(11-12-19(2)3)15-8-6-5-7-9-15/h5-9,16-18H,4,10-14H2,1-3H3. The van der Waals surface area contributed by atoms with Crippen LogP contribution in [-0.4, -0.2) is 63.7 Å². The molecular weight excluding hydrogens is 310 g/mol. The molecule has 2 atom stereocenters. The molecule has 1 aliphatic rings. The van der Waals surface area contributed by atoms with E-state index in [1.807, 2.05) is 13.0 Å². The average molecular weight is 340 g/mol. The molecule has 1 aromatic rings. The van der Waals surface area contributed by atoms with E-state index in [0.29, 0.717) is 19.5 Å². The molecule has 0 aliphatic carbocycles. The third-order valence-corrected chi connectivity index (χ3v) is 6.39. The zero-order valence-electron chi connectivity index (χ0n) is 14.4. The Balaban J connectivity index is 2.11. The highest BCUT2D eigenvalue weighted by molar-refractivity contribution is 7.90. The van der Waals surface area contributed by atoms with Gasteiger partial charge in [-0.2, -0.15) is 0 Å². The fourth-order valence-corrected chi connectivity index (χ4v) is 4.67. The second kappa shape index (κ2) is 8.24. The van der Waals surface area contributed by atoms with Crippen LogP contribution in [0.3, 0.4) is 0 Å². The number of sulfonamides is 1. The average Bonchev–Trinajstić information content (AvgIpc) is 2.99. The minimum absolute atomic E-state index is 0.278. The normalized spacial score (nSPS) is 21.0. The van der Waals surface area contributed by atoms with Gasteiger partial charge in [0.1, 0.15) is 0 Å². The SMILES string of the molecule is CCNS(=O)(=O)C1CCN(C(CCN(C)C)c2ccccc2)C1. The van der Waals surface area contributed by atoms with E-state index in [9.17, 15) is 8.42 Å². The summed E-state index contributed by atoms with van der Waals surface area (Å²) in [5, 5.41) is -0.298. The van der Waals surface area contributed by atoms with Crippen LogP contribution < -0.4 is 4.72 Å². The van der Waals surface area contributed by atoms with Crippen LogP contribution in [0.25, 0.3) is 0 Å². The highest BCUT2D eigenvalue weighted by atomic mass is 32.2. The monoisotopic (exact) mass is 339 g/mol. The smallest absolute Gasteiger partial charge is 0.215 e. The molecule has 0 amide bonds. The largest absolute Gasteiger partial charge is 0.309 e. The van der Waals surface area contributed by atoms with Gasteiger partial charge < -0.3 is 4.90 Å². The Morgan fingerprint density at radius 3 is 2.61 bits per heavy atom. The quantitative estimate of drug-likeness (QED) is 0.783. The summed E-state index contributed by atoms with van der Waals surface area (Å²) >= 11 is 0. The highest BCUT2D eigenvalue weighted by Crippen LogP contribution is 2.30. The molecule has 1 heterocycles. The predicted octanol–water partition coefficient (Wildman–Crippen LogP) is 1.69. The van der Waals surface area contributed by atoms with Crippen molar-refractivity contribution in [2.45, 2.75) is 31.1 Å². The van der Waals surface area contributed by atoms with Gasteiger partial charge in [-0.15, -0.1) is 0 Å². The molecule has 2 rings (SSSR count). The summed E-state index contributed by atoms with van der Waals surface area (Å²) in [5.74, 6) is 0. The number of hydrogen-bond donors (Lipinski definition) is 1. The Hall–Kier alpha value is -0.950. The number of nitrogens with zero attached hydrogens (tertiary/aromatic N) is 2. The van der Waals surface area contributed by atoms with Gasteiger partial charge in [-0.3, -0.25) is 4.90 Å². The first kappa shape index (κ1) is 18.4. The van der Waals surface area contributed by atoms with E-state index < -0.39 is 10.0 Å². The summed E-state index contributed by atoms with van der Waals surface area (Å²) in [4.78, 5) is 4.51. The van der Waals surface area contributed by atoms with Crippen LogP contribution in [0, 0.1) is 0 Å². The molecular formula is C17H29N3O2S. The number of nitrogens with one attached hydrogen (secondary N) is 1. The summed E-state index contributed by atoms with van der Waals surface area (Å²) in [6, 6.07) is 10.7. The molecule has 130 valence electrons. The van der Waals surface area contributed by atoms with Crippen molar-refractivity contribution in [3.05, 3.63) is 35.9 Å².